The van der Waals surface area contributed by atoms with Gasteiger partial charge >= 0.3 is 12.0 Å². The molecule has 0 spiro atoms. The fraction of sp³-hybridized carbons (Fsp3) is 0.471. The van der Waals surface area contributed by atoms with Crippen molar-refractivity contribution < 1.29 is 19.4 Å². The Bertz CT molecular complexity index is 820. The summed E-state index contributed by atoms with van der Waals surface area (Å²) in [6.07, 6.45) is 0.592. The Labute approximate surface area is 149 Å². The molecule has 1 aliphatic rings. The maximum atomic E-state index is 12.6. The molecule has 2 unspecified atom stereocenters. The lowest BCUT2D eigenvalue weighted by atomic mass is 9.91. The number of carboxylic acids is 1. The molecule has 1 fully saturated rings. The molecule has 7 nitrogen and oxygen atoms in total. The van der Waals surface area contributed by atoms with Gasteiger partial charge in [-0.2, -0.15) is 0 Å². The van der Waals surface area contributed by atoms with E-state index in [0.29, 0.717) is 24.4 Å². The molecule has 1 aliphatic heterocycles. The van der Waals surface area contributed by atoms with Gasteiger partial charge in [-0.1, -0.05) is 6.92 Å². The highest BCUT2D eigenvalue weighted by Gasteiger charge is 2.32. The number of aromatic nitrogens is 1. The van der Waals surface area contributed by atoms with Crippen LogP contribution in [0.4, 0.5) is 10.5 Å². The third kappa shape index (κ3) is 3.68. The van der Waals surface area contributed by atoms with E-state index in [9.17, 15) is 14.7 Å². The van der Waals surface area contributed by atoms with Gasteiger partial charge in [0.15, 0.2) is 0 Å². The van der Waals surface area contributed by atoms with Crippen molar-refractivity contribution in [2.24, 2.45) is 11.8 Å². The van der Waals surface area contributed by atoms with Crippen molar-refractivity contribution in [3.05, 3.63) is 17.1 Å². The first-order valence-electron chi connectivity index (χ1n) is 8.11. The summed E-state index contributed by atoms with van der Waals surface area (Å²) in [6.45, 7) is 4.65. The van der Waals surface area contributed by atoms with Crippen LogP contribution in [0.1, 0.15) is 18.4 Å². The Morgan fingerprint density at radius 3 is 2.84 bits per heavy atom. The van der Waals surface area contributed by atoms with Gasteiger partial charge < -0.3 is 20.1 Å². The van der Waals surface area contributed by atoms with E-state index >= 15 is 0 Å². The summed E-state index contributed by atoms with van der Waals surface area (Å²) in [5.74, 6) is -0.702. The quantitative estimate of drug-likeness (QED) is 0.874. The number of piperidine rings is 1. The molecule has 2 aromatic rings. The number of anilines is 1. The highest BCUT2D eigenvalue weighted by Crippen LogP contribution is 2.33. The third-order valence-corrected chi connectivity index (χ3v) is 5.29. The van der Waals surface area contributed by atoms with Gasteiger partial charge in [-0.15, -0.1) is 11.3 Å². The summed E-state index contributed by atoms with van der Waals surface area (Å²) in [5.41, 5.74) is 1.39. The highest BCUT2D eigenvalue weighted by atomic mass is 32.1. The minimum atomic E-state index is -0.858. The molecule has 1 aromatic carbocycles. The Hall–Kier alpha value is -2.35. The molecule has 2 amide bonds. The molecule has 2 N–H and O–H groups in total. The second kappa shape index (κ2) is 6.87. The van der Waals surface area contributed by atoms with Crippen molar-refractivity contribution in [2.75, 3.05) is 25.5 Å². The zero-order chi connectivity index (χ0) is 18.1. The molecule has 8 heteroatoms. The number of nitrogens with one attached hydrogen (secondary N) is 1. The first-order chi connectivity index (χ1) is 11.9. The molecular formula is C17H21N3O4S. The fourth-order valence-corrected chi connectivity index (χ4v) is 4.08. The number of amides is 2. The van der Waals surface area contributed by atoms with E-state index in [4.69, 9.17) is 4.74 Å². The van der Waals surface area contributed by atoms with E-state index in [1.54, 1.807) is 29.4 Å². The van der Waals surface area contributed by atoms with E-state index in [1.807, 2.05) is 19.9 Å². The van der Waals surface area contributed by atoms with Gasteiger partial charge in [0.05, 0.1) is 33.9 Å². The molecule has 0 radical (unpaired) electrons. The average Bonchev–Trinajstić information content (AvgIpc) is 2.92. The van der Waals surface area contributed by atoms with Crippen LogP contribution in [0.3, 0.4) is 0 Å². The fourth-order valence-electron chi connectivity index (χ4n) is 3.23. The van der Waals surface area contributed by atoms with Crippen LogP contribution in [0.5, 0.6) is 5.75 Å². The molecule has 2 heterocycles. The number of likely N-dealkylation sites (tertiary alicyclic amines) is 1. The van der Waals surface area contributed by atoms with Crippen molar-refractivity contribution >= 4 is 39.2 Å². The predicted molar refractivity (Wildman–Crippen MR) is 96.4 cm³/mol. The van der Waals surface area contributed by atoms with Gasteiger partial charge in [0.25, 0.3) is 0 Å². The van der Waals surface area contributed by atoms with Gasteiger partial charge in [0, 0.05) is 19.2 Å². The Morgan fingerprint density at radius 2 is 2.16 bits per heavy atom. The smallest absolute Gasteiger partial charge is 0.321 e. The summed E-state index contributed by atoms with van der Waals surface area (Å²) in [5, 5.41) is 13.1. The first-order valence-corrected chi connectivity index (χ1v) is 8.93. The maximum Gasteiger partial charge on any atom is 0.321 e. The summed E-state index contributed by atoms with van der Waals surface area (Å²) in [6, 6.07) is 3.34. The van der Waals surface area contributed by atoms with Crippen molar-refractivity contribution in [3.8, 4) is 5.75 Å². The van der Waals surface area contributed by atoms with Gasteiger partial charge in [-0.05, 0) is 25.3 Å². The largest absolute Gasteiger partial charge is 0.494 e. The Morgan fingerprint density at radius 1 is 1.40 bits per heavy atom. The summed E-state index contributed by atoms with van der Waals surface area (Å²) in [7, 11) is 1.54. The molecule has 0 aliphatic carbocycles. The number of fused-ring (bicyclic) bond motifs is 1. The number of hydrogen-bond donors (Lipinski definition) is 2. The number of aliphatic carboxylic acids is 1. The highest BCUT2D eigenvalue weighted by molar-refractivity contribution is 7.18. The lowest BCUT2D eigenvalue weighted by Gasteiger charge is -2.34. The van der Waals surface area contributed by atoms with E-state index in [1.165, 1.54) is 0 Å². The number of aryl methyl sites for hydroxylation is 1. The van der Waals surface area contributed by atoms with Crippen LogP contribution in [0.2, 0.25) is 0 Å². The van der Waals surface area contributed by atoms with Crippen LogP contribution in [-0.4, -0.2) is 47.2 Å². The number of urea groups is 1. The second-order valence-electron chi connectivity index (χ2n) is 6.46. The number of carboxylic acid groups (broad SMARTS) is 1. The zero-order valence-electron chi connectivity index (χ0n) is 14.4. The molecule has 3 rings (SSSR count). The van der Waals surface area contributed by atoms with Gasteiger partial charge in [0.1, 0.15) is 5.75 Å². The standard InChI is InChI=1S/C17H21N3O4S/c1-9-4-11(16(21)22)8-20(7-9)17(23)19-12-6-15-13(5-14(12)24-3)18-10(2)25-15/h5-6,9,11H,4,7-8H2,1-3H3,(H,19,23)(H,21,22). The predicted octanol–water partition coefficient (Wildman–Crippen LogP) is 3.19. The minimum absolute atomic E-state index is 0.147. The van der Waals surface area contributed by atoms with Crippen LogP contribution in [0, 0.1) is 18.8 Å². The van der Waals surface area contributed by atoms with Crippen LogP contribution in [0.25, 0.3) is 10.2 Å². The Kier molecular flexibility index (Phi) is 4.80. The molecule has 1 aromatic heterocycles. The molecule has 0 saturated carbocycles. The minimum Gasteiger partial charge on any atom is -0.494 e. The molecule has 1 saturated heterocycles. The number of hydrogen-bond acceptors (Lipinski definition) is 5. The molecule has 0 bridgehead atoms. The molecule has 2 atom stereocenters. The lowest BCUT2D eigenvalue weighted by molar-refractivity contribution is -0.143. The van der Waals surface area contributed by atoms with Crippen molar-refractivity contribution in [1.82, 2.24) is 9.88 Å². The number of benzene rings is 1. The maximum absolute atomic E-state index is 12.6. The van der Waals surface area contributed by atoms with Gasteiger partial charge in [-0.3, -0.25) is 4.79 Å². The third-order valence-electron chi connectivity index (χ3n) is 4.35. The van der Waals surface area contributed by atoms with Gasteiger partial charge in [0.2, 0.25) is 0 Å². The molecule has 134 valence electrons. The number of methoxy groups -OCH3 is 1. The van der Waals surface area contributed by atoms with Crippen LogP contribution >= 0.6 is 11.3 Å². The monoisotopic (exact) mass is 363 g/mol. The van der Waals surface area contributed by atoms with E-state index in [-0.39, 0.29) is 18.5 Å². The number of nitrogens with zero attached hydrogens (tertiary/aromatic N) is 2. The Balaban J connectivity index is 1.82. The number of thiazole rings is 1. The van der Waals surface area contributed by atoms with E-state index in [2.05, 4.69) is 10.3 Å². The molecular weight excluding hydrogens is 342 g/mol. The SMILES string of the molecule is COc1cc2nc(C)sc2cc1NC(=O)N1CC(C)CC(C(=O)O)C1. The van der Waals surface area contributed by atoms with Crippen LogP contribution in [0.15, 0.2) is 12.1 Å². The number of carbonyl (C=O) groups excluding carboxylic acids is 1. The summed E-state index contributed by atoms with van der Waals surface area (Å²) in [4.78, 5) is 29.9. The van der Waals surface area contributed by atoms with Crippen molar-refractivity contribution in [1.29, 1.82) is 0 Å². The lowest BCUT2D eigenvalue weighted by Crippen LogP contribution is -2.47. The van der Waals surface area contributed by atoms with Crippen LogP contribution in [-0.2, 0) is 4.79 Å². The van der Waals surface area contributed by atoms with E-state index in [0.717, 1.165) is 15.2 Å². The van der Waals surface area contributed by atoms with E-state index < -0.39 is 11.9 Å². The normalized spacial score (nSPS) is 20.5. The molecule has 25 heavy (non-hydrogen) atoms. The topological polar surface area (TPSA) is 91.8 Å². The number of carbonyl (C=O) groups is 2. The van der Waals surface area contributed by atoms with Crippen molar-refractivity contribution in [2.45, 2.75) is 20.3 Å². The second-order valence-corrected chi connectivity index (χ2v) is 7.70. The number of ether oxygens (including phenoxy) is 1. The van der Waals surface area contributed by atoms with Crippen molar-refractivity contribution in [3.63, 3.8) is 0 Å². The average molecular weight is 363 g/mol. The first kappa shape index (κ1) is 17.5. The number of rotatable bonds is 3. The summed E-state index contributed by atoms with van der Waals surface area (Å²) >= 11 is 1.54. The summed E-state index contributed by atoms with van der Waals surface area (Å²) < 4.78 is 6.33. The van der Waals surface area contributed by atoms with Crippen LogP contribution < -0.4 is 10.1 Å². The van der Waals surface area contributed by atoms with Gasteiger partial charge in [-0.25, -0.2) is 9.78 Å². The zero-order valence-corrected chi connectivity index (χ0v) is 15.2.